The van der Waals surface area contributed by atoms with Crippen LogP contribution in [0.25, 0.3) is 23.0 Å². The normalized spacial score (nSPS) is 11.2. The summed E-state index contributed by atoms with van der Waals surface area (Å²) in [5.41, 5.74) is 4.86. The zero-order valence-corrected chi connectivity index (χ0v) is 20.8. The lowest BCUT2D eigenvalue weighted by Crippen LogP contribution is -2.10. The summed E-state index contributed by atoms with van der Waals surface area (Å²) < 4.78 is 18.5. The number of aryl methyl sites for hydroxylation is 2. The van der Waals surface area contributed by atoms with Gasteiger partial charge in [0.2, 0.25) is 5.91 Å². The van der Waals surface area contributed by atoms with Crippen LogP contribution in [0.2, 0.25) is 0 Å². The van der Waals surface area contributed by atoms with Gasteiger partial charge in [-0.3, -0.25) is 9.20 Å². The van der Waals surface area contributed by atoms with Crippen LogP contribution in [-0.4, -0.2) is 27.6 Å². The first-order chi connectivity index (χ1) is 18.0. The van der Waals surface area contributed by atoms with Crippen LogP contribution in [0.5, 0.6) is 11.5 Å². The summed E-state index contributed by atoms with van der Waals surface area (Å²) in [4.78, 5) is 17.6. The maximum atomic E-state index is 12.9. The largest absolute Gasteiger partial charge is 0.493 e. The molecule has 3 heterocycles. The molecule has 0 spiro atoms. The van der Waals surface area contributed by atoms with E-state index in [4.69, 9.17) is 19.0 Å². The van der Waals surface area contributed by atoms with E-state index in [1.807, 2.05) is 91.2 Å². The third-order valence-electron chi connectivity index (χ3n) is 5.99. The zero-order valence-electron chi connectivity index (χ0n) is 20.8. The van der Waals surface area contributed by atoms with Crippen molar-refractivity contribution in [2.45, 2.75) is 20.5 Å². The van der Waals surface area contributed by atoms with E-state index >= 15 is 0 Å². The number of carbonyl (C=O) groups is 1. The number of hydrogen-bond acceptors (Lipinski definition) is 6. The lowest BCUT2D eigenvalue weighted by molar-refractivity contribution is -0.111. The van der Waals surface area contributed by atoms with Crippen molar-refractivity contribution < 1.29 is 18.8 Å². The molecule has 0 aliphatic carbocycles. The monoisotopic (exact) mass is 494 g/mol. The third kappa shape index (κ3) is 5.08. The van der Waals surface area contributed by atoms with Gasteiger partial charge in [-0.2, -0.15) is 0 Å². The van der Waals surface area contributed by atoms with Gasteiger partial charge in [0.1, 0.15) is 29.5 Å². The third-order valence-corrected chi connectivity index (χ3v) is 5.99. The van der Waals surface area contributed by atoms with E-state index in [2.05, 4.69) is 10.5 Å². The van der Waals surface area contributed by atoms with Gasteiger partial charge in [0.05, 0.1) is 18.4 Å². The summed E-state index contributed by atoms with van der Waals surface area (Å²) in [6, 6.07) is 21.0. The van der Waals surface area contributed by atoms with Gasteiger partial charge in [-0.15, -0.1) is 0 Å². The minimum atomic E-state index is -0.277. The molecule has 0 fully saturated rings. The van der Waals surface area contributed by atoms with Gasteiger partial charge in [0.25, 0.3) is 0 Å². The number of methoxy groups -OCH3 is 1. The number of hydrogen-bond donors (Lipinski definition) is 1. The van der Waals surface area contributed by atoms with Gasteiger partial charge in [0.15, 0.2) is 11.5 Å². The van der Waals surface area contributed by atoms with E-state index in [0.29, 0.717) is 29.6 Å². The first kappa shape index (κ1) is 23.9. The number of anilines is 1. The summed E-state index contributed by atoms with van der Waals surface area (Å²) in [6.07, 6.45) is 5.08. The molecule has 0 aliphatic heterocycles. The number of nitrogens with zero attached hydrogens (tertiary/aromatic N) is 3. The van der Waals surface area contributed by atoms with Crippen molar-refractivity contribution in [3.63, 3.8) is 0 Å². The van der Waals surface area contributed by atoms with Crippen LogP contribution < -0.4 is 14.8 Å². The van der Waals surface area contributed by atoms with E-state index in [1.165, 1.54) is 6.08 Å². The Morgan fingerprint density at radius 3 is 2.62 bits per heavy atom. The fourth-order valence-electron chi connectivity index (χ4n) is 4.01. The molecule has 8 nitrogen and oxygen atoms in total. The molecule has 0 saturated heterocycles. The Morgan fingerprint density at radius 1 is 1.05 bits per heavy atom. The number of ether oxygens (including phenoxy) is 2. The SMILES string of the molecule is COc1cc(/C=C/C(=O)Nc2c(-c3ccccc3)nc3ccccn23)ccc1OCc1c(C)noc1C. The molecule has 0 saturated carbocycles. The highest BCUT2D eigenvalue weighted by Gasteiger charge is 2.15. The number of fused-ring (bicyclic) bond motifs is 1. The molecule has 5 aromatic rings. The molecule has 2 aromatic carbocycles. The zero-order chi connectivity index (χ0) is 25.8. The highest BCUT2D eigenvalue weighted by molar-refractivity contribution is 6.03. The van der Waals surface area contributed by atoms with Gasteiger partial charge in [0, 0.05) is 17.8 Å². The number of rotatable bonds is 8. The van der Waals surface area contributed by atoms with E-state index in [-0.39, 0.29) is 5.91 Å². The van der Waals surface area contributed by atoms with E-state index < -0.39 is 0 Å². The average Bonchev–Trinajstić information content (AvgIpc) is 3.45. The first-order valence-electron chi connectivity index (χ1n) is 11.8. The Hall–Kier alpha value is -4.85. The quantitative estimate of drug-likeness (QED) is 0.272. The number of carbonyl (C=O) groups excluding carboxylic acids is 1. The summed E-state index contributed by atoms with van der Waals surface area (Å²) in [5.74, 6) is 2.20. The molecule has 0 aliphatic rings. The smallest absolute Gasteiger partial charge is 0.249 e. The molecule has 3 aromatic heterocycles. The summed E-state index contributed by atoms with van der Waals surface area (Å²) in [5, 5.41) is 6.95. The molecule has 0 bridgehead atoms. The van der Waals surface area contributed by atoms with Gasteiger partial charge >= 0.3 is 0 Å². The second-order valence-corrected chi connectivity index (χ2v) is 8.43. The topological polar surface area (TPSA) is 90.9 Å². The highest BCUT2D eigenvalue weighted by Crippen LogP contribution is 2.31. The Bertz CT molecular complexity index is 1570. The van der Waals surface area contributed by atoms with Crippen LogP contribution >= 0.6 is 0 Å². The second-order valence-electron chi connectivity index (χ2n) is 8.43. The van der Waals surface area contributed by atoms with Crippen molar-refractivity contribution in [3.8, 4) is 22.8 Å². The summed E-state index contributed by atoms with van der Waals surface area (Å²) in [6.45, 7) is 4.05. The Balaban J connectivity index is 1.33. The molecule has 1 N–H and O–H groups in total. The molecular weight excluding hydrogens is 468 g/mol. The van der Waals surface area contributed by atoms with Crippen molar-refractivity contribution in [1.29, 1.82) is 0 Å². The molecule has 0 atom stereocenters. The number of nitrogens with one attached hydrogen (secondary N) is 1. The molecular formula is C29H26N4O4. The summed E-state index contributed by atoms with van der Waals surface area (Å²) in [7, 11) is 1.58. The van der Waals surface area contributed by atoms with Gasteiger partial charge < -0.3 is 19.3 Å². The highest BCUT2D eigenvalue weighted by atomic mass is 16.5. The second kappa shape index (κ2) is 10.4. The molecule has 0 unspecified atom stereocenters. The fraction of sp³-hybridized carbons (Fsp3) is 0.138. The van der Waals surface area contributed by atoms with Crippen LogP contribution in [0.4, 0.5) is 5.82 Å². The van der Waals surface area contributed by atoms with Crippen LogP contribution in [0.1, 0.15) is 22.6 Å². The predicted octanol–water partition coefficient (Wildman–Crippen LogP) is 5.85. The molecule has 37 heavy (non-hydrogen) atoms. The fourth-order valence-corrected chi connectivity index (χ4v) is 4.01. The van der Waals surface area contributed by atoms with Crippen LogP contribution in [0.15, 0.2) is 83.5 Å². The van der Waals surface area contributed by atoms with Crippen molar-refractivity contribution in [3.05, 3.63) is 102 Å². The number of pyridine rings is 1. The number of amides is 1. The molecule has 8 heteroatoms. The van der Waals surface area contributed by atoms with Gasteiger partial charge in [-0.25, -0.2) is 4.98 Å². The van der Waals surface area contributed by atoms with Gasteiger partial charge in [-0.05, 0) is 49.8 Å². The number of imidazole rings is 1. The maximum absolute atomic E-state index is 12.9. The number of benzene rings is 2. The Kier molecular flexibility index (Phi) is 6.72. The predicted molar refractivity (Wildman–Crippen MR) is 142 cm³/mol. The maximum Gasteiger partial charge on any atom is 0.249 e. The van der Waals surface area contributed by atoms with E-state index in [9.17, 15) is 4.79 Å². The van der Waals surface area contributed by atoms with Crippen LogP contribution in [-0.2, 0) is 11.4 Å². The lowest BCUT2D eigenvalue weighted by Gasteiger charge is -2.11. The van der Waals surface area contributed by atoms with Gasteiger partial charge in [-0.1, -0.05) is 47.6 Å². The van der Waals surface area contributed by atoms with Crippen LogP contribution in [0.3, 0.4) is 0 Å². The van der Waals surface area contributed by atoms with E-state index in [1.54, 1.807) is 13.2 Å². The molecule has 5 rings (SSSR count). The minimum Gasteiger partial charge on any atom is -0.493 e. The first-order valence-corrected chi connectivity index (χ1v) is 11.8. The minimum absolute atomic E-state index is 0.277. The van der Waals surface area contributed by atoms with Crippen molar-refractivity contribution >= 4 is 23.4 Å². The number of aromatic nitrogens is 3. The average molecular weight is 495 g/mol. The van der Waals surface area contributed by atoms with Crippen LogP contribution in [0, 0.1) is 13.8 Å². The van der Waals surface area contributed by atoms with E-state index in [0.717, 1.165) is 33.8 Å². The lowest BCUT2D eigenvalue weighted by atomic mass is 10.1. The Morgan fingerprint density at radius 2 is 1.86 bits per heavy atom. The standard InChI is InChI=1S/C29H26N4O4/c1-19-23(20(2)37-32-19)18-36-24-14-12-21(17-25(24)35-3)13-15-27(34)31-29-28(22-9-5-4-6-10-22)30-26-11-7-8-16-33(26)29/h4-17H,18H2,1-3H3,(H,31,34)/b15-13+. The van der Waals surface area contributed by atoms with Crippen molar-refractivity contribution in [2.75, 3.05) is 12.4 Å². The molecule has 186 valence electrons. The Labute approximate surface area is 214 Å². The summed E-state index contributed by atoms with van der Waals surface area (Å²) >= 11 is 0. The molecule has 1 amide bonds. The van der Waals surface area contributed by atoms with Crippen molar-refractivity contribution in [2.24, 2.45) is 0 Å². The van der Waals surface area contributed by atoms with Crippen molar-refractivity contribution in [1.82, 2.24) is 14.5 Å². The molecule has 0 radical (unpaired) electrons.